The number of hydrogen-bond donors (Lipinski definition) is 1. The van der Waals surface area contributed by atoms with Gasteiger partial charge in [-0.05, 0) is 54.5 Å². The van der Waals surface area contributed by atoms with Crippen molar-refractivity contribution >= 4 is 39.3 Å². The first-order chi connectivity index (χ1) is 13.6. The third-order valence-electron chi connectivity index (χ3n) is 4.60. The molecule has 1 aromatic heterocycles. The molecule has 1 aromatic carbocycles. The number of nitrogens with zero attached hydrogens (tertiary/aromatic N) is 1. The van der Waals surface area contributed by atoms with Crippen LogP contribution in [0.15, 0.2) is 58.6 Å². The van der Waals surface area contributed by atoms with Crippen LogP contribution in [0.1, 0.15) is 23.2 Å². The predicted octanol–water partition coefficient (Wildman–Crippen LogP) is 3.52. The van der Waals surface area contributed by atoms with Crippen LogP contribution in [0.2, 0.25) is 0 Å². The molecule has 1 saturated heterocycles. The van der Waals surface area contributed by atoms with Gasteiger partial charge in [0.1, 0.15) is 5.03 Å². The van der Waals surface area contributed by atoms with Gasteiger partial charge in [0.25, 0.3) is 5.91 Å². The number of amides is 1. The van der Waals surface area contributed by atoms with Crippen LogP contribution in [-0.2, 0) is 9.84 Å². The molecule has 0 bridgehead atoms. The molecule has 1 amide bonds. The maximum atomic E-state index is 12.6. The first-order valence-electron chi connectivity index (χ1n) is 9.28. The largest absolute Gasteiger partial charge is 0.352 e. The lowest BCUT2D eigenvalue weighted by Gasteiger charge is -2.21. The zero-order chi connectivity index (χ0) is 19.8. The average molecular weight is 437 g/mol. The molecule has 1 fully saturated rings. The van der Waals surface area contributed by atoms with Crippen molar-refractivity contribution in [2.75, 3.05) is 29.6 Å². The van der Waals surface area contributed by atoms with Gasteiger partial charge >= 0.3 is 0 Å². The minimum Gasteiger partial charge on any atom is -0.352 e. The second-order valence-corrected chi connectivity index (χ2v) is 11.0. The van der Waals surface area contributed by atoms with E-state index in [-0.39, 0.29) is 11.7 Å². The van der Waals surface area contributed by atoms with Crippen molar-refractivity contribution in [3.05, 3.63) is 54.2 Å². The number of benzene rings is 1. The molecule has 2 aromatic rings. The molecule has 8 heteroatoms. The fourth-order valence-electron chi connectivity index (χ4n) is 2.96. The molecule has 1 N–H and O–H groups in total. The van der Waals surface area contributed by atoms with Crippen molar-refractivity contribution in [1.82, 2.24) is 10.3 Å². The van der Waals surface area contributed by atoms with Crippen LogP contribution in [0, 0.1) is 5.92 Å². The van der Waals surface area contributed by atoms with E-state index in [1.165, 1.54) is 11.8 Å². The Kier molecular flexibility index (Phi) is 7.82. The zero-order valence-corrected chi connectivity index (χ0v) is 18.0. The predicted molar refractivity (Wildman–Crippen MR) is 116 cm³/mol. The van der Waals surface area contributed by atoms with E-state index in [2.05, 4.69) is 10.3 Å². The Morgan fingerprint density at radius 1 is 1.14 bits per heavy atom. The Bertz CT molecular complexity index is 883. The van der Waals surface area contributed by atoms with E-state index in [1.807, 2.05) is 11.8 Å². The lowest BCUT2D eigenvalue weighted by molar-refractivity contribution is 0.0942. The maximum absolute atomic E-state index is 12.6. The van der Waals surface area contributed by atoms with E-state index < -0.39 is 9.84 Å². The van der Waals surface area contributed by atoms with Gasteiger partial charge in [-0.1, -0.05) is 18.2 Å². The quantitative estimate of drug-likeness (QED) is 0.638. The van der Waals surface area contributed by atoms with Gasteiger partial charge in [-0.25, -0.2) is 13.4 Å². The molecule has 0 atom stereocenters. The SMILES string of the molecule is O=C(NCC1CCSCC1)c1cccnc1SCCS(=O)(=O)c1ccccc1. The van der Waals surface area contributed by atoms with Gasteiger partial charge in [0.05, 0.1) is 16.2 Å². The van der Waals surface area contributed by atoms with Crippen molar-refractivity contribution < 1.29 is 13.2 Å². The molecule has 0 spiro atoms. The van der Waals surface area contributed by atoms with Crippen LogP contribution in [0.3, 0.4) is 0 Å². The normalized spacial score (nSPS) is 15.3. The molecular formula is C20H24N2O3S3. The summed E-state index contributed by atoms with van der Waals surface area (Å²) in [5.74, 6) is 3.05. The maximum Gasteiger partial charge on any atom is 0.254 e. The topological polar surface area (TPSA) is 76.1 Å². The molecule has 5 nitrogen and oxygen atoms in total. The highest BCUT2D eigenvalue weighted by molar-refractivity contribution is 8.00. The molecule has 1 aliphatic heterocycles. The fourth-order valence-corrected chi connectivity index (χ4v) is 6.82. The van der Waals surface area contributed by atoms with Crippen molar-refractivity contribution in [3.63, 3.8) is 0 Å². The Balaban J connectivity index is 1.56. The summed E-state index contributed by atoms with van der Waals surface area (Å²) in [5.41, 5.74) is 0.509. The number of pyridine rings is 1. The summed E-state index contributed by atoms with van der Waals surface area (Å²) in [6.07, 6.45) is 3.90. The fraction of sp³-hybridized carbons (Fsp3) is 0.400. The highest BCUT2D eigenvalue weighted by Crippen LogP contribution is 2.24. The molecule has 2 heterocycles. The third kappa shape index (κ3) is 5.99. The van der Waals surface area contributed by atoms with Crippen LogP contribution in [-0.4, -0.2) is 48.9 Å². The summed E-state index contributed by atoms with van der Waals surface area (Å²) in [6.45, 7) is 0.681. The number of carbonyl (C=O) groups excluding carboxylic acids is 1. The van der Waals surface area contributed by atoms with Gasteiger partial charge in [0, 0.05) is 18.5 Å². The number of nitrogens with one attached hydrogen (secondary N) is 1. The van der Waals surface area contributed by atoms with E-state index in [0.717, 1.165) is 24.3 Å². The molecule has 0 saturated carbocycles. The molecule has 1 aliphatic rings. The van der Waals surface area contributed by atoms with E-state index >= 15 is 0 Å². The van der Waals surface area contributed by atoms with E-state index in [4.69, 9.17) is 0 Å². The van der Waals surface area contributed by atoms with E-state index in [0.29, 0.717) is 33.7 Å². The number of rotatable bonds is 8. The van der Waals surface area contributed by atoms with Crippen molar-refractivity contribution in [2.24, 2.45) is 5.92 Å². The number of thioether (sulfide) groups is 2. The van der Waals surface area contributed by atoms with Crippen LogP contribution < -0.4 is 5.32 Å². The first kappa shape index (κ1) is 21.2. The average Bonchev–Trinajstić information content (AvgIpc) is 2.74. The van der Waals surface area contributed by atoms with Crippen LogP contribution >= 0.6 is 23.5 Å². The smallest absolute Gasteiger partial charge is 0.254 e. The monoisotopic (exact) mass is 436 g/mol. The number of carbonyl (C=O) groups is 1. The molecule has 0 unspecified atom stereocenters. The van der Waals surface area contributed by atoms with Crippen LogP contribution in [0.5, 0.6) is 0 Å². The molecule has 0 aliphatic carbocycles. The highest BCUT2D eigenvalue weighted by Gasteiger charge is 2.18. The standard InChI is InChI=1S/C20H24N2O3S3/c23-19(22-15-16-8-11-26-12-9-16)18-7-4-10-21-20(18)27-13-14-28(24,25)17-5-2-1-3-6-17/h1-7,10,16H,8-9,11-15H2,(H,22,23). The lowest BCUT2D eigenvalue weighted by Crippen LogP contribution is -2.31. The summed E-state index contributed by atoms with van der Waals surface area (Å²) in [4.78, 5) is 17.2. The number of hydrogen-bond acceptors (Lipinski definition) is 6. The van der Waals surface area contributed by atoms with Gasteiger partial charge in [0.2, 0.25) is 0 Å². The summed E-state index contributed by atoms with van der Waals surface area (Å²) < 4.78 is 24.8. The molecule has 150 valence electrons. The Labute approximate surface area is 175 Å². The molecule has 0 radical (unpaired) electrons. The van der Waals surface area contributed by atoms with E-state index in [1.54, 1.807) is 48.7 Å². The summed E-state index contributed by atoms with van der Waals surface area (Å²) in [6, 6.07) is 11.9. The van der Waals surface area contributed by atoms with Crippen molar-refractivity contribution in [2.45, 2.75) is 22.8 Å². The van der Waals surface area contributed by atoms with Crippen molar-refractivity contribution in [1.29, 1.82) is 0 Å². The lowest BCUT2D eigenvalue weighted by atomic mass is 10.0. The molecule has 28 heavy (non-hydrogen) atoms. The van der Waals surface area contributed by atoms with E-state index in [9.17, 15) is 13.2 Å². The minimum atomic E-state index is -3.34. The number of aromatic nitrogens is 1. The van der Waals surface area contributed by atoms with Gasteiger partial charge < -0.3 is 5.32 Å². The highest BCUT2D eigenvalue weighted by atomic mass is 32.2. The van der Waals surface area contributed by atoms with Gasteiger partial charge in [0.15, 0.2) is 9.84 Å². The Morgan fingerprint density at radius 2 is 1.89 bits per heavy atom. The number of sulfone groups is 1. The van der Waals surface area contributed by atoms with Gasteiger partial charge in [-0.2, -0.15) is 11.8 Å². The van der Waals surface area contributed by atoms with Crippen molar-refractivity contribution in [3.8, 4) is 0 Å². The second kappa shape index (κ2) is 10.3. The summed E-state index contributed by atoms with van der Waals surface area (Å²) in [7, 11) is -3.34. The third-order valence-corrected chi connectivity index (χ3v) is 8.65. The Morgan fingerprint density at radius 3 is 2.64 bits per heavy atom. The minimum absolute atomic E-state index is 0.000938. The first-order valence-corrected chi connectivity index (χ1v) is 13.1. The van der Waals surface area contributed by atoms with Crippen LogP contribution in [0.25, 0.3) is 0 Å². The summed E-state index contributed by atoms with van der Waals surface area (Å²) in [5, 5.41) is 3.59. The van der Waals surface area contributed by atoms with Crippen LogP contribution in [0.4, 0.5) is 0 Å². The summed E-state index contributed by atoms with van der Waals surface area (Å²) >= 11 is 3.27. The zero-order valence-electron chi connectivity index (χ0n) is 15.5. The van der Waals surface area contributed by atoms with Gasteiger partial charge in [-0.15, -0.1) is 11.8 Å². The molecule has 3 rings (SSSR count). The Hall–Kier alpha value is -1.51. The molecular weight excluding hydrogens is 412 g/mol. The second-order valence-electron chi connectivity index (χ2n) is 6.60. The van der Waals surface area contributed by atoms with Gasteiger partial charge in [-0.3, -0.25) is 4.79 Å².